The lowest BCUT2D eigenvalue weighted by Gasteiger charge is -2.07. The number of ether oxygens (including phenoxy) is 1. The van der Waals surface area contributed by atoms with Gasteiger partial charge in [-0.3, -0.25) is 5.10 Å². The average Bonchev–Trinajstić information content (AvgIpc) is 2.87. The van der Waals surface area contributed by atoms with E-state index in [1.165, 1.54) is 0 Å². The van der Waals surface area contributed by atoms with Crippen molar-refractivity contribution in [3.05, 3.63) is 41.1 Å². The first-order chi connectivity index (χ1) is 9.97. The van der Waals surface area contributed by atoms with E-state index < -0.39 is 16.6 Å². The topological polar surface area (TPSA) is 104 Å². The van der Waals surface area contributed by atoms with Gasteiger partial charge in [0, 0.05) is 17.8 Å². The van der Waals surface area contributed by atoms with E-state index in [1.807, 2.05) is 0 Å². The maximum Gasteiger partial charge on any atom is 0.260 e. The van der Waals surface area contributed by atoms with Gasteiger partial charge in [0.05, 0.1) is 13.7 Å². The zero-order chi connectivity index (χ0) is 15.5. The largest absolute Gasteiger partial charge is 0.497 e. The molecule has 114 valence electrons. The summed E-state index contributed by atoms with van der Waals surface area (Å²) in [5.74, 6) is 0.651. The Morgan fingerprint density at radius 3 is 2.86 bits per heavy atom. The predicted octanol–water partition coefficient (Wildman–Crippen LogP) is 0.698. The number of nitrogens with zero attached hydrogens (tertiary/aromatic N) is 1. The van der Waals surface area contributed by atoms with Crippen LogP contribution in [0, 0.1) is 6.92 Å². The number of hydrogen-bond donors (Lipinski definition) is 3. The molecule has 0 saturated carbocycles. The van der Waals surface area contributed by atoms with E-state index in [9.17, 15) is 13.5 Å². The van der Waals surface area contributed by atoms with E-state index in [0.717, 1.165) is 5.56 Å². The van der Waals surface area contributed by atoms with E-state index >= 15 is 0 Å². The number of rotatable bonds is 6. The molecule has 0 saturated heterocycles. The molecule has 8 heteroatoms. The van der Waals surface area contributed by atoms with Crippen LogP contribution >= 0.6 is 0 Å². The van der Waals surface area contributed by atoms with Crippen molar-refractivity contribution >= 4 is 10.0 Å². The van der Waals surface area contributed by atoms with Crippen LogP contribution in [-0.4, -0.2) is 30.8 Å². The van der Waals surface area contributed by atoms with Crippen LogP contribution in [0.2, 0.25) is 0 Å². The second-order valence-electron chi connectivity index (χ2n) is 4.47. The van der Waals surface area contributed by atoms with Crippen molar-refractivity contribution in [1.29, 1.82) is 0 Å². The van der Waals surface area contributed by atoms with Gasteiger partial charge >= 0.3 is 0 Å². The van der Waals surface area contributed by atoms with Crippen LogP contribution in [0.15, 0.2) is 29.3 Å². The highest BCUT2D eigenvalue weighted by Crippen LogP contribution is 2.17. The van der Waals surface area contributed by atoms with Gasteiger partial charge in [-0.2, -0.15) is 5.10 Å². The van der Waals surface area contributed by atoms with Gasteiger partial charge in [0.2, 0.25) is 0 Å². The standard InChI is InChI=1S/C13H17N3O4S/c1-9-12(8-17)13(16-15-9)21(18,19)14-7-10-4-3-5-11(6-10)20-2/h3-6,14,17H,7-8H2,1-2H3,(H,15,16). The van der Waals surface area contributed by atoms with Crippen molar-refractivity contribution < 1.29 is 18.3 Å². The Balaban J connectivity index is 2.17. The Morgan fingerprint density at radius 1 is 1.43 bits per heavy atom. The number of aryl methyl sites for hydroxylation is 1. The van der Waals surface area contributed by atoms with Gasteiger partial charge < -0.3 is 9.84 Å². The molecule has 1 aromatic carbocycles. The third kappa shape index (κ3) is 3.41. The third-order valence-corrected chi connectivity index (χ3v) is 4.42. The minimum Gasteiger partial charge on any atom is -0.497 e. The maximum absolute atomic E-state index is 12.2. The van der Waals surface area contributed by atoms with Crippen LogP contribution < -0.4 is 9.46 Å². The summed E-state index contributed by atoms with van der Waals surface area (Å²) in [6, 6.07) is 7.08. The van der Waals surface area contributed by atoms with Crippen molar-refractivity contribution in [3.63, 3.8) is 0 Å². The number of aliphatic hydroxyl groups is 1. The summed E-state index contributed by atoms with van der Waals surface area (Å²) < 4.78 is 32.0. The summed E-state index contributed by atoms with van der Waals surface area (Å²) in [5.41, 5.74) is 1.56. The molecule has 0 spiro atoms. The van der Waals surface area contributed by atoms with Gasteiger partial charge in [0.25, 0.3) is 10.0 Å². The molecule has 0 aliphatic rings. The molecule has 0 fully saturated rings. The van der Waals surface area contributed by atoms with E-state index in [0.29, 0.717) is 11.4 Å². The fourth-order valence-electron chi connectivity index (χ4n) is 1.87. The molecule has 0 unspecified atom stereocenters. The highest BCUT2D eigenvalue weighted by atomic mass is 32.2. The first kappa shape index (κ1) is 15.5. The molecule has 1 aromatic heterocycles. The van der Waals surface area contributed by atoms with E-state index in [1.54, 1.807) is 38.3 Å². The fourth-order valence-corrected chi connectivity index (χ4v) is 3.07. The molecule has 1 heterocycles. The van der Waals surface area contributed by atoms with Crippen molar-refractivity contribution in [2.45, 2.75) is 25.1 Å². The van der Waals surface area contributed by atoms with Crippen LogP contribution in [0.5, 0.6) is 5.75 Å². The van der Waals surface area contributed by atoms with Gasteiger partial charge in [-0.25, -0.2) is 13.1 Å². The van der Waals surface area contributed by atoms with Gasteiger partial charge in [-0.1, -0.05) is 12.1 Å². The van der Waals surface area contributed by atoms with Crippen molar-refractivity contribution in [3.8, 4) is 5.75 Å². The van der Waals surface area contributed by atoms with Crippen molar-refractivity contribution in [2.24, 2.45) is 0 Å². The summed E-state index contributed by atoms with van der Waals surface area (Å²) in [6.45, 7) is 1.37. The van der Waals surface area contributed by atoms with Gasteiger partial charge in [0.1, 0.15) is 5.75 Å². The molecule has 3 N–H and O–H groups in total. The normalized spacial score (nSPS) is 11.6. The van der Waals surface area contributed by atoms with Gasteiger partial charge in [-0.15, -0.1) is 0 Å². The highest BCUT2D eigenvalue weighted by Gasteiger charge is 2.23. The number of hydrogen-bond acceptors (Lipinski definition) is 5. The zero-order valence-corrected chi connectivity index (χ0v) is 12.6. The minimum atomic E-state index is -3.79. The Bertz CT molecular complexity index is 725. The number of aromatic amines is 1. The molecule has 7 nitrogen and oxygen atoms in total. The lowest BCUT2D eigenvalue weighted by Crippen LogP contribution is -2.24. The monoisotopic (exact) mass is 311 g/mol. The second kappa shape index (κ2) is 6.25. The number of aliphatic hydroxyl groups excluding tert-OH is 1. The highest BCUT2D eigenvalue weighted by molar-refractivity contribution is 7.89. The van der Waals surface area contributed by atoms with Crippen LogP contribution in [0.25, 0.3) is 0 Å². The fraction of sp³-hybridized carbons (Fsp3) is 0.308. The number of benzene rings is 1. The summed E-state index contributed by atoms with van der Waals surface area (Å²) in [4.78, 5) is 0. The number of H-pyrrole nitrogens is 1. The van der Waals surface area contributed by atoms with Crippen LogP contribution in [0.3, 0.4) is 0 Å². The Morgan fingerprint density at radius 2 is 2.19 bits per heavy atom. The first-order valence-corrected chi connectivity index (χ1v) is 7.73. The molecule has 0 amide bonds. The minimum absolute atomic E-state index is 0.107. The lowest BCUT2D eigenvalue weighted by atomic mass is 10.2. The first-order valence-electron chi connectivity index (χ1n) is 6.25. The molecule has 0 aliphatic heterocycles. The predicted molar refractivity (Wildman–Crippen MR) is 76.3 cm³/mol. The average molecular weight is 311 g/mol. The van der Waals surface area contributed by atoms with E-state index in [-0.39, 0.29) is 17.1 Å². The summed E-state index contributed by atoms with van der Waals surface area (Å²) in [7, 11) is -2.25. The Hall–Kier alpha value is -1.90. The third-order valence-electron chi connectivity index (χ3n) is 3.05. The smallest absolute Gasteiger partial charge is 0.260 e. The molecule has 0 atom stereocenters. The number of aromatic nitrogens is 2. The molecular formula is C13H17N3O4S. The SMILES string of the molecule is COc1cccc(CNS(=O)(=O)c2n[nH]c(C)c2CO)c1. The number of sulfonamides is 1. The van der Waals surface area contributed by atoms with Gasteiger partial charge in [-0.05, 0) is 24.6 Å². The van der Waals surface area contributed by atoms with E-state index in [2.05, 4.69) is 14.9 Å². The molecular weight excluding hydrogens is 294 g/mol. The number of methoxy groups -OCH3 is 1. The molecule has 0 aliphatic carbocycles. The summed E-state index contributed by atoms with van der Waals surface area (Å²) >= 11 is 0. The van der Waals surface area contributed by atoms with Crippen LogP contribution in [0.1, 0.15) is 16.8 Å². The second-order valence-corrected chi connectivity index (χ2v) is 6.15. The quantitative estimate of drug-likeness (QED) is 0.728. The molecule has 2 rings (SSSR count). The van der Waals surface area contributed by atoms with Gasteiger partial charge in [0.15, 0.2) is 5.03 Å². The number of nitrogens with one attached hydrogen (secondary N) is 2. The summed E-state index contributed by atoms with van der Waals surface area (Å²) in [5, 5.41) is 15.4. The van der Waals surface area contributed by atoms with Crippen molar-refractivity contribution in [2.75, 3.05) is 7.11 Å². The van der Waals surface area contributed by atoms with Crippen LogP contribution in [-0.2, 0) is 23.2 Å². The van der Waals surface area contributed by atoms with Crippen LogP contribution in [0.4, 0.5) is 0 Å². The Labute approximate surface area is 123 Å². The maximum atomic E-state index is 12.2. The van der Waals surface area contributed by atoms with Crippen molar-refractivity contribution in [1.82, 2.24) is 14.9 Å². The molecule has 0 bridgehead atoms. The molecule has 21 heavy (non-hydrogen) atoms. The summed E-state index contributed by atoms with van der Waals surface area (Å²) in [6.07, 6.45) is 0. The lowest BCUT2D eigenvalue weighted by molar-refractivity contribution is 0.277. The molecule has 2 aromatic rings. The Kier molecular flexibility index (Phi) is 4.61. The molecule has 0 radical (unpaired) electrons. The zero-order valence-electron chi connectivity index (χ0n) is 11.8. The van der Waals surface area contributed by atoms with E-state index in [4.69, 9.17) is 4.74 Å².